The monoisotopic (exact) mass is 462 g/mol. The highest BCUT2D eigenvalue weighted by atomic mass is 32.2. The van der Waals surface area contributed by atoms with Crippen molar-refractivity contribution >= 4 is 40.3 Å². The molecule has 2 aromatic heterocycles. The van der Waals surface area contributed by atoms with E-state index in [0.29, 0.717) is 12.3 Å². The molecule has 6 rings (SSSR count). The molecule has 5 heterocycles. The second-order valence-corrected chi connectivity index (χ2v) is 10.6. The van der Waals surface area contributed by atoms with Crippen molar-refractivity contribution in [2.45, 2.75) is 49.0 Å². The summed E-state index contributed by atoms with van der Waals surface area (Å²) in [5.41, 5.74) is 3.83. The van der Waals surface area contributed by atoms with Gasteiger partial charge in [-0.15, -0.1) is 11.8 Å². The van der Waals surface area contributed by atoms with E-state index in [4.69, 9.17) is 9.97 Å². The van der Waals surface area contributed by atoms with Crippen molar-refractivity contribution in [2.24, 2.45) is 0 Å². The molecule has 2 saturated heterocycles. The van der Waals surface area contributed by atoms with Crippen LogP contribution in [0.5, 0.6) is 0 Å². The van der Waals surface area contributed by atoms with E-state index in [1.165, 1.54) is 27.1 Å². The highest BCUT2D eigenvalue weighted by Gasteiger charge is 2.29. The Morgan fingerprint density at radius 1 is 1.12 bits per heavy atom. The van der Waals surface area contributed by atoms with Gasteiger partial charge in [0.25, 0.3) is 0 Å². The van der Waals surface area contributed by atoms with E-state index in [0.717, 1.165) is 62.8 Å². The largest absolute Gasteiger partial charge is 0.364 e. The molecule has 0 saturated carbocycles. The fourth-order valence-corrected chi connectivity index (χ4v) is 6.49. The number of piperidine rings is 2. The molecule has 0 aliphatic carbocycles. The summed E-state index contributed by atoms with van der Waals surface area (Å²) in [6.45, 7) is 2.67. The van der Waals surface area contributed by atoms with Gasteiger partial charge in [-0.3, -0.25) is 4.79 Å². The summed E-state index contributed by atoms with van der Waals surface area (Å²) in [5, 5.41) is 5.02. The quantitative estimate of drug-likeness (QED) is 0.610. The first-order chi connectivity index (χ1) is 16.2. The van der Waals surface area contributed by atoms with Crippen LogP contribution in [0.3, 0.4) is 0 Å². The number of likely N-dealkylation sites (N-methyl/N-ethyl adjacent to an activating group) is 1. The number of nitrogens with one attached hydrogen (secondary N) is 2. The van der Waals surface area contributed by atoms with E-state index in [-0.39, 0.29) is 11.9 Å². The first-order valence-electron chi connectivity index (χ1n) is 12.0. The summed E-state index contributed by atoms with van der Waals surface area (Å²) in [5.74, 6) is 3.68. The molecular weight excluding hydrogens is 432 g/mol. The van der Waals surface area contributed by atoms with Crippen molar-refractivity contribution in [3.05, 3.63) is 41.7 Å². The van der Waals surface area contributed by atoms with Gasteiger partial charge >= 0.3 is 0 Å². The minimum absolute atomic E-state index is 0.231. The molecule has 3 aliphatic heterocycles. The van der Waals surface area contributed by atoms with Crippen LogP contribution >= 0.6 is 11.8 Å². The predicted octanol–water partition coefficient (Wildman–Crippen LogP) is 4.02. The molecule has 1 aromatic carbocycles. The molecule has 3 aromatic rings. The van der Waals surface area contributed by atoms with Crippen LogP contribution in [-0.4, -0.2) is 64.2 Å². The zero-order valence-electron chi connectivity index (χ0n) is 19.0. The summed E-state index contributed by atoms with van der Waals surface area (Å²) < 4.78 is 0. The molecule has 3 aliphatic rings. The van der Waals surface area contributed by atoms with Gasteiger partial charge < -0.3 is 20.1 Å². The summed E-state index contributed by atoms with van der Waals surface area (Å²) in [6.07, 6.45) is 6.87. The molecular formula is C25H30N6OS. The highest BCUT2D eigenvalue weighted by Crippen LogP contribution is 2.39. The molecule has 2 N–H and O–H groups in total. The lowest BCUT2D eigenvalue weighted by Gasteiger charge is -2.33. The number of hydrogen-bond acceptors (Lipinski definition) is 6. The molecule has 0 spiro atoms. The lowest BCUT2D eigenvalue weighted by molar-refractivity contribution is -0.132. The van der Waals surface area contributed by atoms with Crippen LogP contribution < -0.4 is 10.2 Å². The number of nitrogens with zero attached hydrogens (tertiary/aromatic N) is 4. The fourth-order valence-electron chi connectivity index (χ4n) is 5.44. The Balaban J connectivity index is 1.19. The van der Waals surface area contributed by atoms with Crippen LogP contribution in [0.4, 0.5) is 11.8 Å². The number of hydrogen-bond donors (Lipinski definition) is 2. The second kappa shape index (κ2) is 8.56. The number of thioether (sulfide) groups is 1. The van der Waals surface area contributed by atoms with E-state index in [2.05, 4.69) is 45.7 Å². The number of aromatic amines is 1. The maximum Gasteiger partial charge on any atom is 0.227 e. The standard InChI is InChI=1S/C25H30N6OS/c1-30-15-17(6-7-22(30)32)27-24-23-21(10-13-33-23)28-25(29-24)31-11-8-16(9-12-31)19-14-26-20-5-3-2-4-18(19)20/h2-5,14,16-17,26H,6-13,15H2,1H3,(H,27,28,29)/t17-/m0/s1. The first-order valence-corrected chi connectivity index (χ1v) is 13.0. The van der Waals surface area contributed by atoms with Crippen molar-refractivity contribution in [1.82, 2.24) is 19.9 Å². The minimum atomic E-state index is 0.231. The molecule has 172 valence electrons. The van der Waals surface area contributed by atoms with E-state index < -0.39 is 0 Å². The number of aromatic nitrogens is 3. The number of likely N-dealkylation sites (tertiary alicyclic amines) is 1. The summed E-state index contributed by atoms with van der Waals surface area (Å²) in [6, 6.07) is 8.83. The Kier molecular flexibility index (Phi) is 5.40. The maximum absolute atomic E-state index is 11.9. The third-order valence-corrected chi connectivity index (χ3v) is 8.44. The number of carbonyl (C=O) groups is 1. The van der Waals surface area contributed by atoms with Crippen molar-refractivity contribution in [3.8, 4) is 0 Å². The molecule has 33 heavy (non-hydrogen) atoms. The number of para-hydroxylation sites is 1. The fraction of sp³-hybridized carbons (Fsp3) is 0.480. The van der Waals surface area contributed by atoms with E-state index in [9.17, 15) is 4.79 Å². The van der Waals surface area contributed by atoms with Gasteiger partial charge in [-0.25, -0.2) is 4.98 Å². The van der Waals surface area contributed by atoms with E-state index in [1.54, 1.807) is 0 Å². The molecule has 2 fully saturated rings. The SMILES string of the molecule is CN1C[C@@H](Nc2nc(N3CCC(c4c[nH]c5ccccc45)CC3)nc3c2SCC3)CCC1=O. The first kappa shape index (κ1) is 20.8. The van der Waals surface area contributed by atoms with Gasteiger partial charge in [0.15, 0.2) is 0 Å². The van der Waals surface area contributed by atoms with Gasteiger partial charge in [-0.05, 0) is 36.8 Å². The Morgan fingerprint density at radius 2 is 1.97 bits per heavy atom. The Morgan fingerprint density at radius 3 is 2.82 bits per heavy atom. The number of benzene rings is 1. The maximum atomic E-state index is 11.9. The minimum Gasteiger partial charge on any atom is -0.364 e. The van der Waals surface area contributed by atoms with Crippen molar-refractivity contribution < 1.29 is 4.79 Å². The molecule has 1 amide bonds. The number of aryl methyl sites for hydroxylation is 1. The normalized spacial score (nSPS) is 21.6. The zero-order valence-corrected chi connectivity index (χ0v) is 19.8. The number of carbonyl (C=O) groups excluding carboxylic acids is 1. The third kappa shape index (κ3) is 3.94. The van der Waals surface area contributed by atoms with Gasteiger partial charge in [0.2, 0.25) is 11.9 Å². The molecule has 7 nitrogen and oxygen atoms in total. The predicted molar refractivity (Wildman–Crippen MR) is 133 cm³/mol. The van der Waals surface area contributed by atoms with Gasteiger partial charge in [0.05, 0.1) is 10.6 Å². The van der Waals surface area contributed by atoms with Crippen molar-refractivity contribution in [2.75, 3.05) is 42.7 Å². The average molecular weight is 463 g/mol. The van der Waals surface area contributed by atoms with Gasteiger partial charge in [0.1, 0.15) is 5.82 Å². The van der Waals surface area contributed by atoms with E-state index in [1.807, 2.05) is 23.7 Å². The lowest BCUT2D eigenvalue weighted by Crippen LogP contribution is -2.43. The Labute approximate surface area is 198 Å². The molecule has 1 atom stereocenters. The van der Waals surface area contributed by atoms with Crippen LogP contribution in [0, 0.1) is 0 Å². The van der Waals surface area contributed by atoms with Gasteiger partial charge in [-0.2, -0.15) is 4.98 Å². The lowest BCUT2D eigenvalue weighted by atomic mass is 9.89. The smallest absolute Gasteiger partial charge is 0.227 e. The summed E-state index contributed by atoms with van der Waals surface area (Å²) in [4.78, 5) is 30.7. The van der Waals surface area contributed by atoms with Crippen LogP contribution in [-0.2, 0) is 11.2 Å². The van der Waals surface area contributed by atoms with E-state index >= 15 is 0 Å². The highest BCUT2D eigenvalue weighted by molar-refractivity contribution is 7.99. The number of H-pyrrole nitrogens is 1. The Hall–Kier alpha value is -2.74. The zero-order chi connectivity index (χ0) is 22.4. The molecule has 8 heteroatoms. The Bertz CT molecular complexity index is 1180. The number of rotatable bonds is 4. The van der Waals surface area contributed by atoms with Crippen LogP contribution in [0.25, 0.3) is 10.9 Å². The topological polar surface area (TPSA) is 77.2 Å². The van der Waals surface area contributed by atoms with Crippen molar-refractivity contribution in [1.29, 1.82) is 0 Å². The molecule has 0 bridgehead atoms. The summed E-state index contributed by atoms with van der Waals surface area (Å²) in [7, 11) is 1.89. The number of fused-ring (bicyclic) bond motifs is 2. The summed E-state index contributed by atoms with van der Waals surface area (Å²) >= 11 is 1.85. The van der Waals surface area contributed by atoms with Gasteiger partial charge in [0, 0.05) is 68.4 Å². The number of amides is 1. The molecule has 0 unspecified atom stereocenters. The van der Waals surface area contributed by atoms with Crippen LogP contribution in [0.1, 0.15) is 42.9 Å². The second-order valence-electron chi connectivity index (χ2n) is 9.45. The third-order valence-electron chi connectivity index (χ3n) is 7.32. The number of anilines is 2. The van der Waals surface area contributed by atoms with Crippen molar-refractivity contribution in [3.63, 3.8) is 0 Å². The molecule has 0 radical (unpaired) electrons. The van der Waals surface area contributed by atoms with Gasteiger partial charge in [-0.1, -0.05) is 18.2 Å². The van der Waals surface area contributed by atoms with Crippen LogP contribution in [0.15, 0.2) is 35.4 Å². The van der Waals surface area contributed by atoms with Crippen LogP contribution in [0.2, 0.25) is 0 Å². The average Bonchev–Trinajstić information content (AvgIpc) is 3.49.